The third-order valence-corrected chi connectivity index (χ3v) is 4.42. The Bertz CT molecular complexity index is 280. The summed E-state index contributed by atoms with van der Waals surface area (Å²) in [5.74, 6) is 1.50. The van der Waals surface area contributed by atoms with Crippen LogP contribution in [-0.2, 0) is 4.79 Å². The van der Waals surface area contributed by atoms with Crippen molar-refractivity contribution in [3.05, 3.63) is 0 Å². The lowest BCUT2D eigenvalue weighted by atomic mass is 9.96. The highest BCUT2D eigenvalue weighted by Crippen LogP contribution is 2.52. The Kier molecular flexibility index (Phi) is 3.76. The molecule has 1 saturated heterocycles. The maximum absolute atomic E-state index is 12.2. The van der Waals surface area contributed by atoms with Gasteiger partial charge in [-0.1, -0.05) is 20.8 Å². The summed E-state index contributed by atoms with van der Waals surface area (Å²) in [4.78, 5) is 14.3. The fourth-order valence-corrected chi connectivity index (χ4v) is 2.82. The van der Waals surface area contributed by atoms with Gasteiger partial charge in [-0.2, -0.15) is 0 Å². The van der Waals surface area contributed by atoms with Crippen LogP contribution in [0.25, 0.3) is 0 Å². The minimum atomic E-state index is 0.275. The molecule has 3 nitrogen and oxygen atoms in total. The predicted octanol–water partition coefficient (Wildman–Crippen LogP) is 1.88. The first-order valence-electron chi connectivity index (χ1n) is 7.04. The van der Waals surface area contributed by atoms with Crippen molar-refractivity contribution in [1.29, 1.82) is 0 Å². The standard InChI is InChI=1S/C14H26N2O/c1-4-15-10-11-5-7-16(8-6-11)13(17)12-9-14(12,2)3/h11-12,15H,4-10H2,1-3H3. The zero-order valence-corrected chi connectivity index (χ0v) is 11.5. The highest BCUT2D eigenvalue weighted by Gasteiger charge is 2.52. The second-order valence-corrected chi connectivity index (χ2v) is 6.32. The first kappa shape index (κ1) is 12.9. The third-order valence-electron chi connectivity index (χ3n) is 4.42. The Morgan fingerprint density at radius 3 is 2.41 bits per heavy atom. The molecule has 0 bridgehead atoms. The Hall–Kier alpha value is -0.570. The Morgan fingerprint density at radius 1 is 1.35 bits per heavy atom. The van der Waals surface area contributed by atoms with E-state index in [4.69, 9.17) is 0 Å². The number of carbonyl (C=O) groups is 1. The molecular weight excluding hydrogens is 212 g/mol. The summed E-state index contributed by atoms with van der Waals surface area (Å²) in [5, 5.41) is 3.41. The Labute approximate surface area is 105 Å². The van der Waals surface area contributed by atoms with Crippen molar-refractivity contribution in [2.24, 2.45) is 17.3 Å². The molecular formula is C14H26N2O. The van der Waals surface area contributed by atoms with Crippen LogP contribution in [-0.4, -0.2) is 37.0 Å². The van der Waals surface area contributed by atoms with Crippen LogP contribution < -0.4 is 5.32 Å². The number of piperidine rings is 1. The van der Waals surface area contributed by atoms with Crippen LogP contribution >= 0.6 is 0 Å². The van der Waals surface area contributed by atoms with E-state index in [1.807, 2.05) is 0 Å². The number of hydrogen-bond donors (Lipinski definition) is 1. The second kappa shape index (κ2) is 4.97. The predicted molar refractivity (Wildman–Crippen MR) is 69.7 cm³/mol. The van der Waals surface area contributed by atoms with Crippen molar-refractivity contribution in [2.45, 2.75) is 40.0 Å². The van der Waals surface area contributed by atoms with Gasteiger partial charge in [-0.3, -0.25) is 4.79 Å². The highest BCUT2D eigenvalue weighted by molar-refractivity contribution is 5.82. The summed E-state index contributed by atoms with van der Waals surface area (Å²) in [6.07, 6.45) is 3.43. The topological polar surface area (TPSA) is 32.3 Å². The molecule has 2 rings (SSSR count). The van der Waals surface area contributed by atoms with E-state index in [9.17, 15) is 4.79 Å². The summed E-state index contributed by atoms with van der Waals surface area (Å²) >= 11 is 0. The molecule has 0 aromatic carbocycles. The van der Waals surface area contributed by atoms with Crippen LogP contribution in [0.15, 0.2) is 0 Å². The van der Waals surface area contributed by atoms with Gasteiger partial charge in [-0.05, 0) is 43.7 Å². The van der Waals surface area contributed by atoms with Gasteiger partial charge in [0.15, 0.2) is 0 Å². The second-order valence-electron chi connectivity index (χ2n) is 6.32. The van der Waals surface area contributed by atoms with Gasteiger partial charge >= 0.3 is 0 Å². The molecule has 1 saturated carbocycles. The normalized spacial score (nSPS) is 28.2. The van der Waals surface area contributed by atoms with Crippen LogP contribution in [0.1, 0.15) is 40.0 Å². The highest BCUT2D eigenvalue weighted by atomic mass is 16.2. The molecule has 1 atom stereocenters. The van der Waals surface area contributed by atoms with Crippen LogP contribution in [0, 0.1) is 17.3 Å². The van der Waals surface area contributed by atoms with Gasteiger partial charge in [-0.25, -0.2) is 0 Å². The quantitative estimate of drug-likeness (QED) is 0.811. The van der Waals surface area contributed by atoms with Gasteiger partial charge in [-0.15, -0.1) is 0 Å². The van der Waals surface area contributed by atoms with Crippen molar-refractivity contribution >= 4 is 5.91 Å². The summed E-state index contributed by atoms with van der Waals surface area (Å²) in [5.41, 5.74) is 0.275. The molecule has 0 aromatic rings. The van der Waals surface area contributed by atoms with E-state index in [0.717, 1.165) is 38.5 Å². The first-order valence-corrected chi connectivity index (χ1v) is 7.04. The van der Waals surface area contributed by atoms with Crippen LogP contribution in [0.2, 0.25) is 0 Å². The lowest BCUT2D eigenvalue weighted by Gasteiger charge is -2.32. The molecule has 2 fully saturated rings. The van der Waals surface area contributed by atoms with Crippen molar-refractivity contribution < 1.29 is 4.79 Å². The number of hydrogen-bond acceptors (Lipinski definition) is 2. The van der Waals surface area contributed by atoms with Crippen LogP contribution in [0.5, 0.6) is 0 Å². The zero-order chi connectivity index (χ0) is 12.5. The number of rotatable bonds is 4. The molecule has 3 heteroatoms. The molecule has 98 valence electrons. The van der Waals surface area contributed by atoms with E-state index >= 15 is 0 Å². The molecule has 0 spiro atoms. The minimum absolute atomic E-state index is 0.275. The van der Waals surface area contributed by atoms with E-state index in [-0.39, 0.29) is 5.41 Å². The smallest absolute Gasteiger partial charge is 0.226 e. The Balaban J connectivity index is 1.74. The molecule has 0 radical (unpaired) electrons. The van der Waals surface area contributed by atoms with E-state index < -0.39 is 0 Å². The van der Waals surface area contributed by atoms with Gasteiger partial charge in [0, 0.05) is 19.0 Å². The van der Waals surface area contributed by atoms with E-state index in [1.165, 1.54) is 12.8 Å². The van der Waals surface area contributed by atoms with Gasteiger partial charge in [0.1, 0.15) is 0 Å². The maximum atomic E-state index is 12.2. The van der Waals surface area contributed by atoms with Crippen LogP contribution in [0.3, 0.4) is 0 Å². The van der Waals surface area contributed by atoms with Gasteiger partial charge < -0.3 is 10.2 Å². The monoisotopic (exact) mass is 238 g/mol. The van der Waals surface area contributed by atoms with Crippen LogP contribution in [0.4, 0.5) is 0 Å². The van der Waals surface area contributed by atoms with E-state index in [0.29, 0.717) is 11.8 Å². The lowest BCUT2D eigenvalue weighted by molar-refractivity contribution is -0.134. The number of carbonyl (C=O) groups excluding carboxylic acids is 1. The summed E-state index contributed by atoms with van der Waals surface area (Å²) in [6, 6.07) is 0. The average molecular weight is 238 g/mol. The SMILES string of the molecule is CCNCC1CCN(C(=O)C2CC2(C)C)CC1. The molecule has 17 heavy (non-hydrogen) atoms. The minimum Gasteiger partial charge on any atom is -0.342 e. The summed E-state index contributed by atoms with van der Waals surface area (Å²) in [6.45, 7) is 10.7. The van der Waals surface area contributed by atoms with Crippen molar-refractivity contribution in [3.8, 4) is 0 Å². The van der Waals surface area contributed by atoms with E-state index in [2.05, 4.69) is 31.0 Å². The number of nitrogens with zero attached hydrogens (tertiary/aromatic N) is 1. The summed E-state index contributed by atoms with van der Waals surface area (Å²) in [7, 11) is 0. The molecule has 0 aromatic heterocycles. The number of likely N-dealkylation sites (tertiary alicyclic amines) is 1. The largest absolute Gasteiger partial charge is 0.342 e. The fraction of sp³-hybridized carbons (Fsp3) is 0.929. The molecule has 1 amide bonds. The molecule has 1 aliphatic carbocycles. The van der Waals surface area contributed by atoms with Crippen molar-refractivity contribution in [3.63, 3.8) is 0 Å². The third kappa shape index (κ3) is 3.01. The molecule has 1 aliphatic heterocycles. The fourth-order valence-electron chi connectivity index (χ4n) is 2.82. The summed E-state index contributed by atoms with van der Waals surface area (Å²) < 4.78 is 0. The number of amides is 1. The molecule has 2 aliphatic rings. The van der Waals surface area contributed by atoms with Gasteiger partial charge in [0.25, 0.3) is 0 Å². The first-order chi connectivity index (χ1) is 8.04. The average Bonchev–Trinajstić information content (AvgIpc) is 2.95. The number of nitrogens with one attached hydrogen (secondary N) is 1. The van der Waals surface area contributed by atoms with Crippen molar-refractivity contribution in [2.75, 3.05) is 26.2 Å². The molecule has 1 unspecified atom stereocenters. The van der Waals surface area contributed by atoms with Crippen molar-refractivity contribution in [1.82, 2.24) is 10.2 Å². The maximum Gasteiger partial charge on any atom is 0.226 e. The van der Waals surface area contributed by atoms with Gasteiger partial charge in [0.05, 0.1) is 0 Å². The zero-order valence-electron chi connectivity index (χ0n) is 11.5. The lowest BCUT2D eigenvalue weighted by Crippen LogP contribution is -2.42. The molecule has 1 N–H and O–H groups in total. The van der Waals surface area contributed by atoms with E-state index in [1.54, 1.807) is 0 Å². The Morgan fingerprint density at radius 2 is 1.94 bits per heavy atom. The molecule has 1 heterocycles. The van der Waals surface area contributed by atoms with Gasteiger partial charge in [0.2, 0.25) is 5.91 Å².